The van der Waals surface area contributed by atoms with Crippen molar-refractivity contribution in [3.05, 3.63) is 82.6 Å². The molecular weight excluding hydrogens is 512 g/mol. The summed E-state index contributed by atoms with van der Waals surface area (Å²) in [6.45, 7) is 0.730. The standard InChI is InChI=1S/C23H19ClF4N2O4S/c1-14-6-9-20(34-2)21(10-14)35(32,33)30(17-5-3-4-15(11-17)23(26,27)28)13-22(31)29-16-7-8-19(25)18(24)12-16/h3-12H,13H2,1-2H3,(H,29,31). The normalized spacial score (nSPS) is 11.7. The van der Waals surface area contributed by atoms with Crippen molar-refractivity contribution < 1.29 is 35.5 Å². The average molecular weight is 531 g/mol. The van der Waals surface area contributed by atoms with E-state index >= 15 is 0 Å². The monoisotopic (exact) mass is 530 g/mol. The fourth-order valence-corrected chi connectivity index (χ4v) is 5.00. The Morgan fingerprint density at radius 3 is 2.43 bits per heavy atom. The van der Waals surface area contributed by atoms with Gasteiger partial charge < -0.3 is 10.1 Å². The summed E-state index contributed by atoms with van der Waals surface area (Å²) in [6.07, 6.45) is -4.75. The van der Waals surface area contributed by atoms with Gasteiger partial charge in [0, 0.05) is 5.69 Å². The lowest BCUT2D eigenvalue weighted by Crippen LogP contribution is -2.38. The summed E-state index contributed by atoms with van der Waals surface area (Å²) in [5, 5.41) is 2.09. The quantitative estimate of drug-likeness (QED) is 0.401. The Hall–Kier alpha value is -3.31. The number of aryl methyl sites for hydroxylation is 1. The predicted molar refractivity (Wildman–Crippen MR) is 124 cm³/mol. The van der Waals surface area contributed by atoms with Crippen LogP contribution in [0.1, 0.15) is 11.1 Å². The van der Waals surface area contributed by atoms with Gasteiger partial charge in [-0.05, 0) is 61.0 Å². The molecule has 3 aromatic rings. The Balaban J connectivity index is 2.08. The highest BCUT2D eigenvalue weighted by atomic mass is 35.5. The van der Waals surface area contributed by atoms with Gasteiger partial charge >= 0.3 is 6.18 Å². The Morgan fingerprint density at radius 2 is 1.80 bits per heavy atom. The van der Waals surface area contributed by atoms with Crippen molar-refractivity contribution >= 4 is 38.9 Å². The first-order chi connectivity index (χ1) is 16.3. The van der Waals surface area contributed by atoms with Crippen LogP contribution < -0.4 is 14.4 Å². The third kappa shape index (κ3) is 6.04. The zero-order valence-electron chi connectivity index (χ0n) is 18.4. The van der Waals surface area contributed by atoms with E-state index in [0.717, 1.165) is 30.3 Å². The highest BCUT2D eigenvalue weighted by Crippen LogP contribution is 2.35. The summed E-state index contributed by atoms with van der Waals surface area (Å²) < 4.78 is 86.3. The van der Waals surface area contributed by atoms with Crippen LogP contribution in [0.5, 0.6) is 5.75 Å². The summed E-state index contributed by atoms with van der Waals surface area (Å²) in [5.74, 6) is -1.69. The Kier molecular flexibility index (Phi) is 7.61. The lowest BCUT2D eigenvalue weighted by Gasteiger charge is -2.26. The minimum Gasteiger partial charge on any atom is -0.495 e. The molecule has 0 unspecified atom stereocenters. The molecule has 12 heteroatoms. The molecule has 0 aliphatic heterocycles. The fourth-order valence-electron chi connectivity index (χ4n) is 3.16. The first-order valence-corrected chi connectivity index (χ1v) is 11.7. The number of carbonyl (C=O) groups excluding carboxylic acids is 1. The minimum atomic E-state index is -4.75. The minimum absolute atomic E-state index is 0.0571. The summed E-state index contributed by atoms with van der Waals surface area (Å²) in [5.41, 5.74) is -0.887. The van der Waals surface area contributed by atoms with Gasteiger partial charge in [-0.25, -0.2) is 12.8 Å². The third-order valence-corrected chi connectivity index (χ3v) is 6.92. The number of nitrogens with one attached hydrogen (secondary N) is 1. The van der Waals surface area contributed by atoms with Crippen molar-refractivity contribution in [1.82, 2.24) is 0 Å². The molecule has 3 aromatic carbocycles. The molecule has 0 saturated carbocycles. The molecule has 0 heterocycles. The molecule has 0 bridgehead atoms. The van der Waals surface area contributed by atoms with Crippen LogP contribution in [0.2, 0.25) is 5.02 Å². The third-order valence-electron chi connectivity index (χ3n) is 4.84. The second-order valence-electron chi connectivity index (χ2n) is 7.39. The van der Waals surface area contributed by atoms with Crippen molar-refractivity contribution in [2.75, 3.05) is 23.3 Å². The Morgan fingerprint density at radius 1 is 1.09 bits per heavy atom. The second kappa shape index (κ2) is 10.1. The van der Waals surface area contributed by atoms with Gasteiger partial charge in [-0.15, -0.1) is 0 Å². The molecule has 0 radical (unpaired) electrons. The summed E-state index contributed by atoms with van der Waals surface area (Å²) in [4.78, 5) is 12.4. The van der Waals surface area contributed by atoms with E-state index in [4.69, 9.17) is 16.3 Å². The van der Waals surface area contributed by atoms with Crippen molar-refractivity contribution in [1.29, 1.82) is 0 Å². The summed E-state index contributed by atoms with van der Waals surface area (Å²) in [6, 6.07) is 11.2. The number of ether oxygens (including phenoxy) is 1. The first kappa shape index (κ1) is 26.3. The van der Waals surface area contributed by atoms with Crippen LogP contribution in [0.15, 0.2) is 65.6 Å². The van der Waals surface area contributed by atoms with Crippen LogP contribution in [-0.2, 0) is 21.0 Å². The lowest BCUT2D eigenvalue weighted by atomic mass is 10.2. The number of carbonyl (C=O) groups is 1. The summed E-state index contributed by atoms with van der Waals surface area (Å²) in [7, 11) is -3.35. The largest absolute Gasteiger partial charge is 0.495 e. The van der Waals surface area contributed by atoms with Crippen molar-refractivity contribution in [3.8, 4) is 5.75 Å². The van der Waals surface area contributed by atoms with Gasteiger partial charge in [-0.3, -0.25) is 9.10 Å². The number of rotatable bonds is 7. The van der Waals surface area contributed by atoms with Crippen LogP contribution in [0.4, 0.5) is 28.9 Å². The van der Waals surface area contributed by atoms with E-state index < -0.39 is 45.7 Å². The highest BCUT2D eigenvalue weighted by molar-refractivity contribution is 7.93. The molecule has 0 aromatic heterocycles. The topological polar surface area (TPSA) is 75.7 Å². The molecule has 3 rings (SSSR count). The van der Waals surface area contributed by atoms with E-state index in [-0.39, 0.29) is 21.4 Å². The van der Waals surface area contributed by atoms with Crippen LogP contribution >= 0.6 is 11.6 Å². The van der Waals surface area contributed by atoms with E-state index in [0.29, 0.717) is 15.9 Å². The molecule has 1 amide bonds. The van der Waals surface area contributed by atoms with Crippen LogP contribution in [0.3, 0.4) is 0 Å². The highest BCUT2D eigenvalue weighted by Gasteiger charge is 2.34. The number of benzene rings is 3. The molecule has 186 valence electrons. The number of methoxy groups -OCH3 is 1. The molecule has 0 aliphatic carbocycles. The smallest absolute Gasteiger partial charge is 0.416 e. The number of anilines is 2. The van der Waals surface area contributed by atoms with Gasteiger partial charge in [0.1, 0.15) is 23.0 Å². The molecule has 1 N–H and O–H groups in total. The zero-order valence-corrected chi connectivity index (χ0v) is 19.9. The van der Waals surface area contributed by atoms with E-state index in [1.165, 1.54) is 25.3 Å². The Bertz CT molecular complexity index is 1360. The number of hydrogen-bond donors (Lipinski definition) is 1. The van der Waals surface area contributed by atoms with Gasteiger partial charge in [-0.1, -0.05) is 23.7 Å². The van der Waals surface area contributed by atoms with E-state index in [1.54, 1.807) is 13.0 Å². The number of halogens is 5. The van der Waals surface area contributed by atoms with Gasteiger partial charge in [0.25, 0.3) is 10.0 Å². The zero-order chi connectivity index (χ0) is 26.0. The fraction of sp³-hybridized carbons (Fsp3) is 0.174. The molecule has 0 fully saturated rings. The molecule has 0 atom stereocenters. The molecule has 0 saturated heterocycles. The molecule has 0 spiro atoms. The Labute approximate surface area is 204 Å². The van der Waals surface area contributed by atoms with E-state index in [1.807, 2.05) is 0 Å². The molecular formula is C23H19ClF4N2O4S. The predicted octanol–water partition coefficient (Wildman–Crippen LogP) is 5.65. The van der Waals surface area contributed by atoms with E-state index in [9.17, 15) is 30.8 Å². The van der Waals surface area contributed by atoms with E-state index in [2.05, 4.69) is 5.32 Å². The molecule has 35 heavy (non-hydrogen) atoms. The average Bonchev–Trinajstić information content (AvgIpc) is 2.79. The van der Waals surface area contributed by atoms with Crippen LogP contribution in [0.25, 0.3) is 0 Å². The van der Waals surface area contributed by atoms with Crippen molar-refractivity contribution in [2.24, 2.45) is 0 Å². The first-order valence-electron chi connectivity index (χ1n) is 9.92. The maximum Gasteiger partial charge on any atom is 0.416 e. The number of amides is 1. The molecule has 0 aliphatic rings. The summed E-state index contributed by atoms with van der Waals surface area (Å²) >= 11 is 5.71. The van der Waals surface area contributed by atoms with Crippen molar-refractivity contribution in [3.63, 3.8) is 0 Å². The number of nitrogens with zero attached hydrogens (tertiary/aromatic N) is 1. The number of alkyl halides is 3. The van der Waals surface area contributed by atoms with Gasteiger partial charge in [0.15, 0.2) is 0 Å². The van der Waals surface area contributed by atoms with Gasteiger partial charge in [-0.2, -0.15) is 13.2 Å². The van der Waals surface area contributed by atoms with Crippen LogP contribution in [0, 0.1) is 12.7 Å². The number of hydrogen-bond acceptors (Lipinski definition) is 4. The number of sulfonamides is 1. The maximum absolute atomic E-state index is 13.6. The maximum atomic E-state index is 13.6. The molecule has 6 nitrogen and oxygen atoms in total. The van der Waals surface area contributed by atoms with Gasteiger partial charge in [0.05, 0.1) is 23.4 Å². The van der Waals surface area contributed by atoms with Gasteiger partial charge in [0.2, 0.25) is 5.91 Å². The SMILES string of the molecule is COc1ccc(C)cc1S(=O)(=O)N(CC(=O)Nc1ccc(F)c(Cl)c1)c1cccc(C(F)(F)F)c1. The van der Waals surface area contributed by atoms with Crippen LogP contribution in [-0.4, -0.2) is 28.0 Å². The second-order valence-corrected chi connectivity index (χ2v) is 9.63. The lowest BCUT2D eigenvalue weighted by molar-refractivity contribution is -0.137. The van der Waals surface area contributed by atoms with Crippen molar-refractivity contribution in [2.45, 2.75) is 18.0 Å².